The molecule has 1 aromatic carbocycles. The summed E-state index contributed by atoms with van der Waals surface area (Å²) < 4.78 is 0.676. The molecule has 0 atom stereocenters. The van der Waals surface area contributed by atoms with Gasteiger partial charge in [0, 0.05) is 17.0 Å². The molecule has 0 saturated heterocycles. The number of benzene rings is 1. The number of hydrogen-bond acceptors (Lipinski definition) is 2. The molecule has 62 valence electrons. The standard InChI is InChI=1S/C10H6N2S/c11-5-7-6-12-10(13)9-4-2-1-3-8(7)9/h1-4,6H,(H,12,13). The van der Waals surface area contributed by atoms with E-state index in [-0.39, 0.29) is 0 Å². The molecular formula is C10H6N2S. The monoisotopic (exact) mass is 186 g/mol. The van der Waals surface area contributed by atoms with E-state index in [1.54, 1.807) is 6.20 Å². The van der Waals surface area contributed by atoms with Crippen LogP contribution in [0.1, 0.15) is 5.56 Å². The van der Waals surface area contributed by atoms with Gasteiger partial charge in [-0.05, 0) is 0 Å². The van der Waals surface area contributed by atoms with Crippen LogP contribution in [0.5, 0.6) is 0 Å². The number of pyridine rings is 1. The third kappa shape index (κ3) is 1.21. The fourth-order valence-corrected chi connectivity index (χ4v) is 1.54. The molecule has 0 fully saturated rings. The Labute approximate surface area is 80.4 Å². The lowest BCUT2D eigenvalue weighted by Gasteiger charge is -1.98. The zero-order valence-electron chi connectivity index (χ0n) is 6.74. The Hall–Kier alpha value is -1.66. The van der Waals surface area contributed by atoms with Crippen LogP contribution < -0.4 is 0 Å². The van der Waals surface area contributed by atoms with Crippen LogP contribution in [0.25, 0.3) is 10.8 Å². The summed E-state index contributed by atoms with van der Waals surface area (Å²) in [5.41, 5.74) is 0.629. The van der Waals surface area contributed by atoms with E-state index in [1.807, 2.05) is 24.3 Å². The number of nitrogens with zero attached hydrogens (tertiary/aromatic N) is 1. The predicted molar refractivity (Wildman–Crippen MR) is 53.8 cm³/mol. The molecular weight excluding hydrogens is 180 g/mol. The third-order valence-electron chi connectivity index (χ3n) is 1.93. The number of hydrogen-bond donors (Lipinski definition) is 1. The van der Waals surface area contributed by atoms with Crippen molar-refractivity contribution in [2.45, 2.75) is 0 Å². The summed E-state index contributed by atoms with van der Waals surface area (Å²) in [5, 5.41) is 10.7. The Kier molecular flexibility index (Phi) is 1.84. The minimum atomic E-state index is 0.629. The minimum Gasteiger partial charge on any atom is -0.351 e. The van der Waals surface area contributed by atoms with Crippen molar-refractivity contribution in [3.8, 4) is 6.07 Å². The lowest BCUT2D eigenvalue weighted by atomic mass is 10.1. The first-order valence-electron chi connectivity index (χ1n) is 3.83. The van der Waals surface area contributed by atoms with Gasteiger partial charge in [0.15, 0.2) is 0 Å². The largest absolute Gasteiger partial charge is 0.351 e. The van der Waals surface area contributed by atoms with E-state index in [0.717, 1.165) is 10.8 Å². The second kappa shape index (κ2) is 3.00. The molecule has 0 spiro atoms. The number of fused-ring (bicyclic) bond motifs is 1. The summed E-state index contributed by atoms with van der Waals surface area (Å²) in [5.74, 6) is 0. The number of aromatic nitrogens is 1. The smallest absolute Gasteiger partial charge is 0.111 e. The minimum absolute atomic E-state index is 0.629. The molecule has 0 radical (unpaired) electrons. The Balaban J connectivity index is 3.04. The van der Waals surface area contributed by atoms with Gasteiger partial charge in [-0.3, -0.25) is 0 Å². The van der Waals surface area contributed by atoms with Gasteiger partial charge in [0.05, 0.1) is 5.56 Å². The van der Waals surface area contributed by atoms with Gasteiger partial charge in [-0.15, -0.1) is 0 Å². The van der Waals surface area contributed by atoms with Crippen molar-refractivity contribution in [3.05, 3.63) is 40.7 Å². The van der Waals surface area contributed by atoms with Crippen molar-refractivity contribution < 1.29 is 0 Å². The summed E-state index contributed by atoms with van der Waals surface area (Å²) in [6.07, 6.45) is 1.64. The van der Waals surface area contributed by atoms with Crippen LogP contribution in [0.15, 0.2) is 30.5 Å². The molecule has 0 aliphatic carbocycles. The predicted octanol–water partition coefficient (Wildman–Crippen LogP) is 2.77. The summed E-state index contributed by atoms with van der Waals surface area (Å²) in [4.78, 5) is 2.89. The summed E-state index contributed by atoms with van der Waals surface area (Å²) in [6.45, 7) is 0. The molecule has 0 amide bonds. The molecule has 0 aliphatic heterocycles. The SMILES string of the molecule is N#Cc1c[nH]c(=S)c2ccccc12. The number of nitriles is 1. The molecule has 1 N–H and O–H groups in total. The highest BCUT2D eigenvalue weighted by Crippen LogP contribution is 2.17. The zero-order chi connectivity index (χ0) is 9.26. The van der Waals surface area contributed by atoms with E-state index in [2.05, 4.69) is 11.1 Å². The van der Waals surface area contributed by atoms with Gasteiger partial charge in [0.25, 0.3) is 0 Å². The fourth-order valence-electron chi connectivity index (χ4n) is 1.30. The number of H-pyrrole nitrogens is 1. The second-order valence-corrected chi connectivity index (χ2v) is 3.10. The van der Waals surface area contributed by atoms with Gasteiger partial charge in [-0.1, -0.05) is 36.5 Å². The van der Waals surface area contributed by atoms with E-state index < -0.39 is 0 Å². The highest BCUT2D eigenvalue weighted by Gasteiger charge is 1.99. The van der Waals surface area contributed by atoms with Crippen molar-refractivity contribution >= 4 is 23.0 Å². The number of aromatic amines is 1. The summed E-state index contributed by atoms with van der Waals surface area (Å²) in [6, 6.07) is 9.74. The Morgan fingerprint density at radius 1 is 1.23 bits per heavy atom. The van der Waals surface area contributed by atoms with E-state index in [1.165, 1.54) is 0 Å². The average Bonchev–Trinajstić information content (AvgIpc) is 2.19. The highest BCUT2D eigenvalue weighted by atomic mass is 32.1. The zero-order valence-corrected chi connectivity index (χ0v) is 7.56. The number of nitrogens with one attached hydrogen (secondary N) is 1. The highest BCUT2D eigenvalue weighted by molar-refractivity contribution is 7.71. The molecule has 1 heterocycles. The van der Waals surface area contributed by atoms with Gasteiger partial charge in [-0.25, -0.2) is 0 Å². The van der Waals surface area contributed by atoms with Gasteiger partial charge in [0.2, 0.25) is 0 Å². The molecule has 1 aromatic heterocycles. The van der Waals surface area contributed by atoms with E-state index in [4.69, 9.17) is 17.5 Å². The maximum atomic E-state index is 8.82. The molecule has 2 aromatic rings. The van der Waals surface area contributed by atoms with Crippen molar-refractivity contribution in [1.29, 1.82) is 5.26 Å². The number of rotatable bonds is 0. The topological polar surface area (TPSA) is 39.6 Å². The second-order valence-electron chi connectivity index (χ2n) is 2.69. The van der Waals surface area contributed by atoms with Gasteiger partial charge in [-0.2, -0.15) is 5.26 Å². The first kappa shape index (κ1) is 7.96. The Bertz CT molecular complexity index is 549. The van der Waals surface area contributed by atoms with Crippen LogP contribution in [0.3, 0.4) is 0 Å². The van der Waals surface area contributed by atoms with Crippen molar-refractivity contribution in [2.75, 3.05) is 0 Å². The Morgan fingerprint density at radius 3 is 2.62 bits per heavy atom. The molecule has 0 bridgehead atoms. The van der Waals surface area contributed by atoms with Crippen molar-refractivity contribution in [2.24, 2.45) is 0 Å². The van der Waals surface area contributed by atoms with E-state index in [9.17, 15) is 0 Å². The maximum absolute atomic E-state index is 8.82. The molecule has 13 heavy (non-hydrogen) atoms. The van der Waals surface area contributed by atoms with Gasteiger partial charge >= 0.3 is 0 Å². The molecule has 0 aliphatic rings. The van der Waals surface area contributed by atoms with Crippen LogP contribution in [0.2, 0.25) is 0 Å². The van der Waals surface area contributed by atoms with E-state index >= 15 is 0 Å². The van der Waals surface area contributed by atoms with Gasteiger partial charge in [0.1, 0.15) is 10.7 Å². The third-order valence-corrected chi connectivity index (χ3v) is 2.27. The fraction of sp³-hybridized carbons (Fsp3) is 0. The summed E-state index contributed by atoms with van der Waals surface area (Å²) in [7, 11) is 0. The van der Waals surface area contributed by atoms with E-state index in [0.29, 0.717) is 10.2 Å². The maximum Gasteiger partial charge on any atom is 0.111 e. The average molecular weight is 186 g/mol. The van der Waals surface area contributed by atoms with Gasteiger partial charge < -0.3 is 4.98 Å². The van der Waals surface area contributed by atoms with Crippen LogP contribution in [0, 0.1) is 16.0 Å². The molecule has 0 unspecified atom stereocenters. The van der Waals surface area contributed by atoms with Crippen LogP contribution in [-0.2, 0) is 0 Å². The van der Waals surface area contributed by atoms with Crippen molar-refractivity contribution in [1.82, 2.24) is 4.98 Å². The first-order valence-corrected chi connectivity index (χ1v) is 4.24. The molecule has 0 saturated carbocycles. The summed E-state index contributed by atoms with van der Waals surface area (Å²) >= 11 is 5.10. The van der Waals surface area contributed by atoms with Crippen LogP contribution in [0.4, 0.5) is 0 Å². The molecule has 2 nitrogen and oxygen atoms in total. The van der Waals surface area contributed by atoms with Crippen molar-refractivity contribution in [3.63, 3.8) is 0 Å². The lowest BCUT2D eigenvalue weighted by molar-refractivity contribution is 1.31. The normalized spacial score (nSPS) is 9.77. The Morgan fingerprint density at radius 2 is 1.92 bits per heavy atom. The van der Waals surface area contributed by atoms with Crippen LogP contribution in [-0.4, -0.2) is 4.98 Å². The molecule has 2 rings (SSSR count). The first-order chi connectivity index (χ1) is 6.33. The quantitative estimate of drug-likeness (QED) is 0.642. The molecule has 3 heteroatoms. The lowest BCUT2D eigenvalue weighted by Crippen LogP contribution is -1.83. The van der Waals surface area contributed by atoms with Crippen LogP contribution >= 0.6 is 12.2 Å².